The Labute approximate surface area is 138 Å². The van der Waals surface area contributed by atoms with Gasteiger partial charge in [0, 0.05) is 11.6 Å². The third kappa shape index (κ3) is 2.96. The molecule has 0 spiro atoms. The van der Waals surface area contributed by atoms with Crippen molar-refractivity contribution < 1.29 is 4.79 Å². The van der Waals surface area contributed by atoms with Gasteiger partial charge in [0.1, 0.15) is 0 Å². The van der Waals surface area contributed by atoms with Gasteiger partial charge in [-0.25, -0.2) is 0 Å². The second-order valence-electron chi connectivity index (χ2n) is 6.01. The number of benzene rings is 1. The van der Waals surface area contributed by atoms with Crippen LogP contribution in [-0.4, -0.2) is 25.7 Å². The van der Waals surface area contributed by atoms with E-state index in [1.165, 1.54) is 11.3 Å². The van der Waals surface area contributed by atoms with Crippen LogP contribution in [-0.2, 0) is 0 Å². The average Bonchev–Trinajstić information content (AvgIpc) is 3.07. The molecule has 0 radical (unpaired) electrons. The Bertz CT molecular complexity index is 849. The average molecular weight is 329 g/mol. The molecule has 0 aliphatic heterocycles. The molecule has 1 N–H and O–H groups in total. The van der Waals surface area contributed by atoms with Gasteiger partial charge in [-0.05, 0) is 17.5 Å². The molecule has 0 aliphatic carbocycles. The zero-order valence-corrected chi connectivity index (χ0v) is 14.4. The molecule has 2 aromatic heterocycles. The molecule has 1 amide bonds. The Morgan fingerprint density at radius 1 is 1.13 bits per heavy atom. The molecule has 0 unspecified atom stereocenters. The normalized spacial score (nSPS) is 11.6. The first kappa shape index (κ1) is 15.6. The maximum Gasteiger partial charge on any atom is 0.286 e. The van der Waals surface area contributed by atoms with Crippen LogP contribution in [0.2, 0.25) is 0 Å². The highest BCUT2D eigenvalue weighted by Gasteiger charge is 2.19. The van der Waals surface area contributed by atoms with Gasteiger partial charge in [-0.3, -0.25) is 4.79 Å². The predicted molar refractivity (Wildman–Crippen MR) is 91.2 cm³/mol. The molecule has 6 nitrogen and oxygen atoms in total. The van der Waals surface area contributed by atoms with Crippen molar-refractivity contribution in [2.45, 2.75) is 39.5 Å². The monoisotopic (exact) mass is 329 g/mol. The second-order valence-corrected chi connectivity index (χ2v) is 6.97. The number of para-hydroxylation sites is 1. The SMILES string of the molecule is CC(C)c1ccccc1NC(=O)c1nn2c(C(C)C)nnc2s1. The van der Waals surface area contributed by atoms with Crippen molar-refractivity contribution in [3.8, 4) is 0 Å². The van der Waals surface area contributed by atoms with Crippen molar-refractivity contribution in [1.29, 1.82) is 0 Å². The number of hydrogen-bond acceptors (Lipinski definition) is 5. The molecule has 0 atom stereocenters. The van der Waals surface area contributed by atoms with Crippen molar-refractivity contribution in [1.82, 2.24) is 19.8 Å². The number of nitrogens with zero attached hydrogens (tertiary/aromatic N) is 4. The number of amides is 1. The van der Waals surface area contributed by atoms with Gasteiger partial charge in [0.2, 0.25) is 9.97 Å². The van der Waals surface area contributed by atoms with E-state index in [4.69, 9.17) is 0 Å². The summed E-state index contributed by atoms with van der Waals surface area (Å²) in [7, 11) is 0. The lowest BCUT2D eigenvalue weighted by molar-refractivity contribution is 0.102. The molecule has 0 fully saturated rings. The van der Waals surface area contributed by atoms with Crippen LogP contribution < -0.4 is 5.32 Å². The van der Waals surface area contributed by atoms with Crippen LogP contribution in [0.25, 0.3) is 4.96 Å². The Balaban J connectivity index is 1.89. The van der Waals surface area contributed by atoms with Crippen molar-refractivity contribution in [3.63, 3.8) is 0 Å². The third-order valence-electron chi connectivity index (χ3n) is 3.56. The number of aromatic nitrogens is 4. The first-order valence-corrected chi connectivity index (χ1v) is 8.41. The van der Waals surface area contributed by atoms with Gasteiger partial charge in [-0.15, -0.1) is 15.3 Å². The summed E-state index contributed by atoms with van der Waals surface area (Å²) in [6.45, 7) is 8.24. The number of anilines is 1. The van der Waals surface area contributed by atoms with E-state index >= 15 is 0 Å². The Kier molecular flexibility index (Phi) is 4.12. The summed E-state index contributed by atoms with van der Waals surface area (Å²) in [6.07, 6.45) is 0. The van der Waals surface area contributed by atoms with Gasteiger partial charge in [0.25, 0.3) is 5.91 Å². The summed E-state index contributed by atoms with van der Waals surface area (Å²) < 4.78 is 1.65. The minimum atomic E-state index is -0.219. The maximum absolute atomic E-state index is 12.5. The van der Waals surface area contributed by atoms with Crippen LogP contribution in [0.1, 0.15) is 60.7 Å². The molecule has 120 valence electrons. The first-order valence-electron chi connectivity index (χ1n) is 7.59. The van der Waals surface area contributed by atoms with Crippen LogP contribution in [0.3, 0.4) is 0 Å². The highest BCUT2D eigenvalue weighted by Crippen LogP contribution is 2.25. The van der Waals surface area contributed by atoms with E-state index in [2.05, 4.69) is 34.5 Å². The van der Waals surface area contributed by atoms with Gasteiger partial charge < -0.3 is 5.32 Å². The minimum absolute atomic E-state index is 0.199. The quantitative estimate of drug-likeness (QED) is 0.792. The lowest BCUT2D eigenvalue weighted by Crippen LogP contribution is -2.14. The van der Waals surface area contributed by atoms with Gasteiger partial charge in [-0.2, -0.15) is 4.52 Å². The summed E-state index contributed by atoms with van der Waals surface area (Å²) in [5.74, 6) is 1.07. The van der Waals surface area contributed by atoms with Crippen molar-refractivity contribution >= 4 is 27.9 Å². The molecule has 1 aromatic carbocycles. The van der Waals surface area contributed by atoms with Crippen molar-refractivity contribution in [3.05, 3.63) is 40.7 Å². The summed E-state index contributed by atoms with van der Waals surface area (Å²) in [4.78, 5) is 13.1. The van der Waals surface area contributed by atoms with E-state index < -0.39 is 0 Å². The summed E-state index contributed by atoms with van der Waals surface area (Å²) in [5.41, 5.74) is 1.93. The summed E-state index contributed by atoms with van der Waals surface area (Å²) in [5, 5.41) is 15.9. The van der Waals surface area contributed by atoms with Crippen LogP contribution in [0.5, 0.6) is 0 Å². The van der Waals surface area contributed by atoms with Gasteiger partial charge in [0.05, 0.1) is 0 Å². The number of nitrogens with one attached hydrogen (secondary N) is 1. The van der Waals surface area contributed by atoms with Crippen LogP contribution in [0.15, 0.2) is 24.3 Å². The highest BCUT2D eigenvalue weighted by atomic mass is 32.1. The van der Waals surface area contributed by atoms with Gasteiger partial charge in [-0.1, -0.05) is 57.2 Å². The first-order chi connectivity index (χ1) is 11.0. The molecule has 0 bridgehead atoms. The fourth-order valence-corrected chi connectivity index (χ4v) is 3.12. The molecule has 7 heteroatoms. The topological polar surface area (TPSA) is 72.2 Å². The Hall–Kier alpha value is -2.28. The van der Waals surface area contributed by atoms with Crippen LogP contribution in [0, 0.1) is 0 Å². The third-order valence-corrected chi connectivity index (χ3v) is 4.45. The summed E-state index contributed by atoms with van der Waals surface area (Å²) in [6, 6.07) is 7.82. The number of carbonyl (C=O) groups excluding carboxylic acids is 1. The Morgan fingerprint density at radius 2 is 1.87 bits per heavy atom. The fourth-order valence-electron chi connectivity index (χ4n) is 2.37. The zero-order chi connectivity index (χ0) is 16.6. The lowest BCUT2D eigenvalue weighted by atomic mass is 10.0. The van der Waals surface area contributed by atoms with E-state index in [9.17, 15) is 4.79 Å². The van der Waals surface area contributed by atoms with E-state index in [0.29, 0.717) is 15.9 Å². The molecule has 3 aromatic rings. The fraction of sp³-hybridized carbons (Fsp3) is 0.375. The number of hydrogen-bond donors (Lipinski definition) is 1. The van der Waals surface area contributed by atoms with Crippen molar-refractivity contribution in [2.75, 3.05) is 5.32 Å². The smallest absolute Gasteiger partial charge is 0.286 e. The maximum atomic E-state index is 12.5. The molecular weight excluding hydrogens is 310 g/mol. The minimum Gasteiger partial charge on any atom is -0.320 e. The standard InChI is InChI=1S/C16H19N5OS/c1-9(2)11-7-5-6-8-12(11)17-14(22)15-20-21-13(10(3)4)18-19-16(21)23-15/h5-10H,1-4H3,(H,17,22). The largest absolute Gasteiger partial charge is 0.320 e. The number of rotatable bonds is 4. The molecule has 3 rings (SSSR count). The van der Waals surface area contributed by atoms with E-state index in [-0.39, 0.29) is 11.8 Å². The van der Waals surface area contributed by atoms with Crippen molar-refractivity contribution in [2.24, 2.45) is 0 Å². The van der Waals surface area contributed by atoms with Gasteiger partial charge in [0.15, 0.2) is 5.82 Å². The lowest BCUT2D eigenvalue weighted by Gasteiger charge is -2.12. The van der Waals surface area contributed by atoms with E-state index in [1.807, 2.05) is 38.1 Å². The van der Waals surface area contributed by atoms with E-state index in [0.717, 1.165) is 17.1 Å². The van der Waals surface area contributed by atoms with E-state index in [1.54, 1.807) is 4.52 Å². The molecule has 23 heavy (non-hydrogen) atoms. The number of carbonyl (C=O) groups is 1. The highest BCUT2D eigenvalue weighted by molar-refractivity contribution is 7.18. The molecule has 2 heterocycles. The summed E-state index contributed by atoms with van der Waals surface area (Å²) >= 11 is 1.24. The zero-order valence-electron chi connectivity index (χ0n) is 13.6. The predicted octanol–water partition coefficient (Wildman–Crippen LogP) is 3.68. The molecule has 0 saturated carbocycles. The second kappa shape index (κ2) is 6.08. The van der Waals surface area contributed by atoms with Crippen LogP contribution in [0.4, 0.5) is 5.69 Å². The molecule has 0 saturated heterocycles. The molecule has 0 aliphatic rings. The van der Waals surface area contributed by atoms with Gasteiger partial charge >= 0.3 is 0 Å². The van der Waals surface area contributed by atoms with Crippen LogP contribution >= 0.6 is 11.3 Å². The Morgan fingerprint density at radius 3 is 2.57 bits per heavy atom. The molecular formula is C16H19N5OS. The number of fused-ring (bicyclic) bond motifs is 1.